The topological polar surface area (TPSA) is 114 Å². The summed E-state index contributed by atoms with van der Waals surface area (Å²) in [6.07, 6.45) is -0.643. The fourth-order valence-corrected chi connectivity index (χ4v) is 5.44. The second kappa shape index (κ2) is 10.1. The lowest BCUT2D eigenvalue weighted by atomic mass is 10.1. The molecule has 2 aliphatic heterocycles. The number of nitrogens with zero attached hydrogens (tertiary/aromatic N) is 2. The highest BCUT2D eigenvalue weighted by Gasteiger charge is 2.32. The number of anilines is 1. The van der Waals surface area contributed by atoms with Gasteiger partial charge in [-0.25, -0.2) is 8.42 Å². The van der Waals surface area contributed by atoms with Gasteiger partial charge in [0.15, 0.2) is 17.6 Å². The average Bonchev–Trinajstić information content (AvgIpc) is 2.85. The molecule has 2 amide bonds. The van der Waals surface area contributed by atoms with Crippen LogP contribution in [0.25, 0.3) is 0 Å². The number of ether oxygens (including phenoxy) is 3. The van der Waals surface area contributed by atoms with Gasteiger partial charge in [0.05, 0.1) is 23.8 Å². The second-order valence-electron chi connectivity index (χ2n) is 8.13. The van der Waals surface area contributed by atoms with Gasteiger partial charge in [-0.15, -0.1) is 0 Å². The molecule has 0 saturated carbocycles. The number of hydrogen-bond donors (Lipinski definition) is 1. The Bertz CT molecular complexity index is 1220. The molecule has 2 aromatic rings. The molecule has 188 valence electrons. The molecule has 1 saturated heterocycles. The number of amides is 2. The molecule has 4 rings (SSSR count). The quantitative estimate of drug-likeness (QED) is 0.617. The maximum atomic E-state index is 13.2. The maximum absolute atomic E-state index is 13.2. The Kier molecular flexibility index (Phi) is 7.18. The number of hydrogen-bond acceptors (Lipinski definition) is 7. The van der Waals surface area contributed by atoms with Crippen molar-refractivity contribution in [1.82, 2.24) is 9.21 Å². The van der Waals surface area contributed by atoms with E-state index in [1.54, 1.807) is 36.1 Å². The summed E-state index contributed by atoms with van der Waals surface area (Å²) in [4.78, 5) is 26.7. The number of fused-ring (bicyclic) bond motifs is 1. The molecule has 2 aliphatic rings. The molecule has 0 spiro atoms. The highest BCUT2D eigenvalue weighted by molar-refractivity contribution is 7.89. The first kappa shape index (κ1) is 24.8. The van der Waals surface area contributed by atoms with E-state index < -0.39 is 16.1 Å². The minimum Gasteiger partial charge on any atom is -0.490 e. The summed E-state index contributed by atoms with van der Waals surface area (Å²) in [7, 11) is -3.81. The van der Waals surface area contributed by atoms with E-state index in [2.05, 4.69) is 5.32 Å². The van der Waals surface area contributed by atoms with E-state index in [1.165, 1.54) is 16.4 Å². The summed E-state index contributed by atoms with van der Waals surface area (Å²) in [6, 6.07) is 9.46. The van der Waals surface area contributed by atoms with Crippen LogP contribution < -0.4 is 19.5 Å². The van der Waals surface area contributed by atoms with Crippen LogP contribution in [0.2, 0.25) is 0 Å². The van der Waals surface area contributed by atoms with E-state index in [1.807, 2.05) is 13.8 Å². The molecule has 1 atom stereocenters. The standard InChI is InChI=1S/C24H29N3O7S/c1-4-32-21-8-6-17(14-22(21)33-5-2)24(29)26-10-12-27(13-11-26)35(30,31)18-7-9-20-19(15-18)25-23(28)16(3)34-20/h6-9,14-16H,4-5,10-13H2,1-3H3,(H,25,28). The third-order valence-corrected chi connectivity index (χ3v) is 7.73. The molecule has 2 aromatic carbocycles. The van der Waals surface area contributed by atoms with Gasteiger partial charge >= 0.3 is 0 Å². The van der Waals surface area contributed by atoms with Crippen molar-refractivity contribution in [3.8, 4) is 17.2 Å². The summed E-state index contributed by atoms with van der Waals surface area (Å²) in [5, 5.41) is 2.67. The Morgan fingerprint density at radius 2 is 1.71 bits per heavy atom. The highest BCUT2D eigenvalue weighted by Crippen LogP contribution is 2.33. The van der Waals surface area contributed by atoms with Crippen LogP contribution in [0, 0.1) is 0 Å². The van der Waals surface area contributed by atoms with E-state index >= 15 is 0 Å². The van der Waals surface area contributed by atoms with Crippen molar-refractivity contribution in [2.45, 2.75) is 31.8 Å². The number of sulfonamides is 1. The Morgan fingerprint density at radius 1 is 1.03 bits per heavy atom. The zero-order chi connectivity index (χ0) is 25.2. The molecule has 1 N–H and O–H groups in total. The summed E-state index contributed by atoms with van der Waals surface area (Å²) < 4.78 is 44.5. The Labute approximate surface area is 204 Å². The first-order valence-corrected chi connectivity index (χ1v) is 13.0. The van der Waals surface area contributed by atoms with Crippen molar-refractivity contribution in [3.05, 3.63) is 42.0 Å². The number of nitrogens with one attached hydrogen (secondary N) is 1. The number of carbonyl (C=O) groups excluding carboxylic acids is 2. The predicted octanol–water partition coefficient (Wildman–Crippen LogP) is 2.35. The van der Waals surface area contributed by atoms with Gasteiger partial charge < -0.3 is 24.4 Å². The van der Waals surface area contributed by atoms with Crippen molar-refractivity contribution < 1.29 is 32.2 Å². The van der Waals surface area contributed by atoms with Crippen LogP contribution in [0.15, 0.2) is 41.3 Å². The zero-order valence-corrected chi connectivity index (χ0v) is 20.8. The molecule has 1 unspecified atom stereocenters. The Balaban J connectivity index is 1.45. The third-order valence-electron chi connectivity index (χ3n) is 5.84. The maximum Gasteiger partial charge on any atom is 0.265 e. The van der Waals surface area contributed by atoms with E-state index in [0.29, 0.717) is 41.7 Å². The normalized spacial score (nSPS) is 18.3. The van der Waals surface area contributed by atoms with E-state index in [-0.39, 0.29) is 42.9 Å². The monoisotopic (exact) mass is 503 g/mol. The molecular formula is C24H29N3O7S. The smallest absolute Gasteiger partial charge is 0.265 e. The molecule has 0 radical (unpaired) electrons. The number of benzene rings is 2. The molecule has 0 aliphatic carbocycles. The van der Waals surface area contributed by atoms with Gasteiger partial charge in [-0.3, -0.25) is 9.59 Å². The lowest BCUT2D eigenvalue weighted by Gasteiger charge is -2.34. The van der Waals surface area contributed by atoms with Crippen molar-refractivity contribution in [3.63, 3.8) is 0 Å². The van der Waals surface area contributed by atoms with E-state index in [0.717, 1.165) is 0 Å². The zero-order valence-electron chi connectivity index (χ0n) is 19.9. The van der Waals surface area contributed by atoms with Crippen LogP contribution in [0.5, 0.6) is 17.2 Å². The van der Waals surface area contributed by atoms with Crippen LogP contribution in [0.3, 0.4) is 0 Å². The first-order valence-electron chi connectivity index (χ1n) is 11.5. The van der Waals surface area contributed by atoms with Gasteiger partial charge in [0.2, 0.25) is 10.0 Å². The number of piperazine rings is 1. The summed E-state index contributed by atoms with van der Waals surface area (Å²) in [5.41, 5.74) is 0.774. The molecule has 11 heteroatoms. The average molecular weight is 504 g/mol. The molecule has 1 fully saturated rings. The van der Waals surface area contributed by atoms with Gasteiger partial charge in [0, 0.05) is 31.7 Å². The molecule has 35 heavy (non-hydrogen) atoms. The van der Waals surface area contributed by atoms with Crippen LogP contribution in [-0.2, 0) is 14.8 Å². The lowest BCUT2D eigenvalue weighted by molar-refractivity contribution is -0.122. The fraction of sp³-hybridized carbons (Fsp3) is 0.417. The molecule has 0 aromatic heterocycles. The minimum atomic E-state index is -3.81. The fourth-order valence-electron chi connectivity index (χ4n) is 4.00. The summed E-state index contributed by atoms with van der Waals surface area (Å²) in [5.74, 6) is 0.963. The van der Waals surface area contributed by atoms with Crippen LogP contribution in [0.4, 0.5) is 5.69 Å². The molecular weight excluding hydrogens is 474 g/mol. The van der Waals surface area contributed by atoms with Gasteiger partial charge in [-0.05, 0) is 57.2 Å². The highest BCUT2D eigenvalue weighted by atomic mass is 32.2. The summed E-state index contributed by atoms with van der Waals surface area (Å²) in [6.45, 7) is 7.06. The van der Waals surface area contributed by atoms with Gasteiger partial charge in [0.25, 0.3) is 11.8 Å². The predicted molar refractivity (Wildman–Crippen MR) is 129 cm³/mol. The lowest BCUT2D eigenvalue weighted by Crippen LogP contribution is -2.50. The first-order chi connectivity index (χ1) is 16.7. The molecule has 0 bridgehead atoms. The van der Waals surface area contributed by atoms with Crippen LogP contribution in [-0.4, -0.2) is 74.9 Å². The van der Waals surface area contributed by atoms with E-state index in [9.17, 15) is 18.0 Å². The SMILES string of the molecule is CCOc1ccc(C(=O)N2CCN(S(=O)(=O)c3ccc4c(c3)NC(=O)C(C)O4)CC2)cc1OCC. The van der Waals surface area contributed by atoms with Gasteiger partial charge in [-0.1, -0.05) is 0 Å². The van der Waals surface area contributed by atoms with Crippen LogP contribution in [0.1, 0.15) is 31.1 Å². The van der Waals surface area contributed by atoms with Gasteiger partial charge in [-0.2, -0.15) is 4.31 Å². The van der Waals surface area contributed by atoms with Gasteiger partial charge in [0.1, 0.15) is 5.75 Å². The summed E-state index contributed by atoms with van der Waals surface area (Å²) >= 11 is 0. The third kappa shape index (κ3) is 5.06. The Morgan fingerprint density at radius 3 is 2.40 bits per heavy atom. The number of carbonyl (C=O) groups is 2. The minimum absolute atomic E-state index is 0.0577. The van der Waals surface area contributed by atoms with Crippen molar-refractivity contribution >= 4 is 27.5 Å². The largest absolute Gasteiger partial charge is 0.490 e. The van der Waals surface area contributed by atoms with Crippen LogP contribution >= 0.6 is 0 Å². The molecule has 10 nitrogen and oxygen atoms in total. The van der Waals surface area contributed by atoms with Crippen molar-refractivity contribution in [2.24, 2.45) is 0 Å². The van der Waals surface area contributed by atoms with Crippen molar-refractivity contribution in [1.29, 1.82) is 0 Å². The van der Waals surface area contributed by atoms with Crippen molar-refractivity contribution in [2.75, 3.05) is 44.7 Å². The number of rotatable bonds is 7. The second-order valence-corrected chi connectivity index (χ2v) is 10.1. The van der Waals surface area contributed by atoms with E-state index in [4.69, 9.17) is 14.2 Å². The molecule has 2 heterocycles. The Hall–Kier alpha value is -3.31.